The molecule has 1 aromatic carbocycles. The van der Waals surface area contributed by atoms with Crippen LogP contribution in [-0.2, 0) is 16.0 Å². The molecule has 10 heteroatoms. The third kappa shape index (κ3) is 5.57. The molecule has 2 aromatic rings. The Morgan fingerprint density at radius 1 is 1.24 bits per heavy atom. The molecule has 1 aromatic heterocycles. The molecule has 3 N–H and O–H groups in total. The number of imide groups is 1. The molecule has 0 bridgehead atoms. The van der Waals surface area contributed by atoms with E-state index in [1.165, 1.54) is 5.56 Å². The maximum atomic E-state index is 12.1. The molecule has 1 aliphatic heterocycles. The maximum absolute atomic E-state index is 12.1. The van der Waals surface area contributed by atoms with Crippen molar-refractivity contribution in [2.45, 2.75) is 44.4 Å². The Labute approximate surface area is 172 Å². The zero-order valence-electron chi connectivity index (χ0n) is 16.4. The summed E-state index contributed by atoms with van der Waals surface area (Å²) in [6, 6.07) is 6.87. The number of carbonyl (C=O) groups excluding carboxylic acids is 3. The molecule has 3 rings (SSSR count). The van der Waals surface area contributed by atoms with Gasteiger partial charge in [-0.2, -0.15) is 0 Å². The fourth-order valence-corrected chi connectivity index (χ4v) is 3.47. The summed E-state index contributed by atoms with van der Waals surface area (Å²) in [7, 11) is 0. The first-order chi connectivity index (χ1) is 13.8. The van der Waals surface area contributed by atoms with Crippen molar-refractivity contribution in [2.75, 3.05) is 11.1 Å². The first kappa shape index (κ1) is 20.8. The van der Waals surface area contributed by atoms with Crippen LogP contribution in [0.15, 0.2) is 33.9 Å². The minimum atomic E-state index is -0.509. The molecule has 1 aliphatic rings. The third-order valence-electron chi connectivity index (χ3n) is 4.57. The topological polar surface area (TPSA) is 126 Å². The van der Waals surface area contributed by atoms with Gasteiger partial charge >= 0.3 is 6.03 Å². The van der Waals surface area contributed by atoms with Crippen molar-refractivity contribution < 1.29 is 18.8 Å². The van der Waals surface area contributed by atoms with Gasteiger partial charge in [0.2, 0.25) is 17.7 Å². The Balaban J connectivity index is 1.49. The van der Waals surface area contributed by atoms with E-state index in [2.05, 4.69) is 40.0 Å². The van der Waals surface area contributed by atoms with Gasteiger partial charge in [0.05, 0.1) is 11.7 Å². The molecule has 154 valence electrons. The van der Waals surface area contributed by atoms with Crippen LogP contribution in [0.5, 0.6) is 0 Å². The number of nitrogens with zero attached hydrogens (tertiary/aromatic N) is 2. The monoisotopic (exact) mass is 417 g/mol. The summed E-state index contributed by atoms with van der Waals surface area (Å²) >= 11 is 1.12. The van der Waals surface area contributed by atoms with Gasteiger partial charge in [-0.3, -0.25) is 14.9 Å². The maximum Gasteiger partial charge on any atom is 0.321 e. The van der Waals surface area contributed by atoms with Crippen LogP contribution in [0, 0.1) is 5.92 Å². The van der Waals surface area contributed by atoms with E-state index < -0.39 is 11.9 Å². The number of nitrogens with one attached hydrogen (secondary N) is 3. The lowest BCUT2D eigenvalue weighted by atomic mass is 9.95. The van der Waals surface area contributed by atoms with Gasteiger partial charge in [0.25, 0.3) is 5.22 Å². The smallest absolute Gasteiger partial charge is 0.321 e. The number of amides is 4. The second kappa shape index (κ2) is 9.08. The van der Waals surface area contributed by atoms with Gasteiger partial charge in [-0.25, -0.2) is 4.79 Å². The molecule has 0 aliphatic carbocycles. The third-order valence-corrected chi connectivity index (χ3v) is 5.38. The molecule has 9 nitrogen and oxygen atoms in total. The summed E-state index contributed by atoms with van der Waals surface area (Å²) in [5, 5.41) is 15.8. The highest BCUT2D eigenvalue weighted by Gasteiger charge is 2.34. The normalized spacial score (nSPS) is 19.0. The average Bonchev–Trinajstić information content (AvgIpc) is 3.11. The molecular weight excluding hydrogens is 394 g/mol. The highest BCUT2D eigenvalue weighted by atomic mass is 32.2. The van der Waals surface area contributed by atoms with Gasteiger partial charge in [-0.05, 0) is 30.5 Å². The van der Waals surface area contributed by atoms with E-state index in [9.17, 15) is 14.4 Å². The van der Waals surface area contributed by atoms with Gasteiger partial charge in [0, 0.05) is 18.2 Å². The average molecular weight is 417 g/mol. The van der Waals surface area contributed by atoms with Gasteiger partial charge in [0.1, 0.15) is 0 Å². The molecule has 29 heavy (non-hydrogen) atoms. The van der Waals surface area contributed by atoms with E-state index >= 15 is 0 Å². The number of benzene rings is 1. The highest BCUT2D eigenvalue weighted by Crippen LogP contribution is 2.21. The number of hydrogen-bond donors (Lipinski definition) is 3. The van der Waals surface area contributed by atoms with E-state index in [1.54, 1.807) is 6.92 Å². The van der Waals surface area contributed by atoms with Crippen LogP contribution in [0.4, 0.5) is 10.5 Å². The first-order valence-electron chi connectivity index (χ1n) is 9.28. The number of anilines is 1. The summed E-state index contributed by atoms with van der Waals surface area (Å²) in [5.74, 6) is -0.236. The SMILES string of the molecule is CC(C)c1ccc(NC(=O)CSc2nnc(CC3C(=O)NC(=O)NC3C)o2)cc1. The molecule has 0 spiro atoms. The van der Waals surface area contributed by atoms with Crippen molar-refractivity contribution in [1.82, 2.24) is 20.8 Å². The van der Waals surface area contributed by atoms with E-state index in [0.29, 0.717) is 5.92 Å². The Morgan fingerprint density at radius 3 is 2.62 bits per heavy atom. The fraction of sp³-hybridized carbons (Fsp3) is 0.421. The van der Waals surface area contributed by atoms with Crippen molar-refractivity contribution in [2.24, 2.45) is 5.92 Å². The van der Waals surface area contributed by atoms with Crippen LogP contribution in [-0.4, -0.2) is 39.8 Å². The molecule has 1 saturated heterocycles. The summed E-state index contributed by atoms with van der Waals surface area (Å²) in [5.41, 5.74) is 1.93. The van der Waals surface area contributed by atoms with Crippen LogP contribution < -0.4 is 16.0 Å². The lowest BCUT2D eigenvalue weighted by Crippen LogP contribution is -2.57. The standard InChI is InChI=1S/C19H23N5O4S/c1-10(2)12-4-6-13(7-5-12)21-15(25)9-29-19-24-23-16(28-19)8-14-11(3)20-18(27)22-17(14)26/h4-7,10-11,14H,8-9H2,1-3H3,(H,21,25)(H2,20,22,26,27). The van der Waals surface area contributed by atoms with Gasteiger partial charge < -0.3 is 15.1 Å². The van der Waals surface area contributed by atoms with Crippen molar-refractivity contribution in [3.8, 4) is 0 Å². The Kier molecular flexibility index (Phi) is 6.53. The van der Waals surface area contributed by atoms with E-state index in [-0.39, 0.29) is 41.1 Å². The molecule has 2 atom stereocenters. The Hall–Kier alpha value is -2.88. The minimum Gasteiger partial charge on any atom is -0.416 e. The van der Waals surface area contributed by atoms with Crippen molar-refractivity contribution >= 4 is 35.3 Å². The molecule has 2 unspecified atom stereocenters. The summed E-state index contributed by atoms with van der Waals surface area (Å²) in [6.45, 7) is 5.96. The van der Waals surface area contributed by atoms with Gasteiger partial charge in [0.15, 0.2) is 0 Å². The second-order valence-electron chi connectivity index (χ2n) is 7.14. The van der Waals surface area contributed by atoms with Crippen LogP contribution in [0.25, 0.3) is 0 Å². The predicted octanol–water partition coefficient (Wildman–Crippen LogP) is 2.31. The molecule has 2 heterocycles. The van der Waals surface area contributed by atoms with Crippen LogP contribution in [0.3, 0.4) is 0 Å². The number of carbonyl (C=O) groups is 3. The minimum absolute atomic E-state index is 0.115. The predicted molar refractivity (Wildman–Crippen MR) is 108 cm³/mol. The van der Waals surface area contributed by atoms with Gasteiger partial charge in [-0.1, -0.05) is 37.7 Å². The van der Waals surface area contributed by atoms with Gasteiger partial charge in [-0.15, -0.1) is 10.2 Å². The zero-order valence-corrected chi connectivity index (χ0v) is 17.2. The second-order valence-corrected chi connectivity index (χ2v) is 8.06. The van der Waals surface area contributed by atoms with Crippen molar-refractivity contribution in [3.63, 3.8) is 0 Å². The number of thioether (sulfide) groups is 1. The quantitative estimate of drug-likeness (QED) is 0.590. The Bertz CT molecular complexity index is 896. The Morgan fingerprint density at radius 2 is 1.97 bits per heavy atom. The number of urea groups is 1. The molecular formula is C19H23N5O4S. The zero-order chi connectivity index (χ0) is 21.0. The number of hydrogen-bond acceptors (Lipinski definition) is 7. The number of aromatic nitrogens is 2. The summed E-state index contributed by atoms with van der Waals surface area (Å²) in [4.78, 5) is 35.4. The first-order valence-corrected chi connectivity index (χ1v) is 10.3. The molecule has 0 saturated carbocycles. The van der Waals surface area contributed by atoms with E-state index in [4.69, 9.17) is 4.42 Å². The molecule has 0 radical (unpaired) electrons. The van der Waals surface area contributed by atoms with Crippen LogP contribution >= 0.6 is 11.8 Å². The highest BCUT2D eigenvalue weighted by molar-refractivity contribution is 7.99. The number of rotatable bonds is 7. The fourth-order valence-electron chi connectivity index (χ4n) is 2.89. The van der Waals surface area contributed by atoms with Crippen LogP contribution in [0.2, 0.25) is 0 Å². The summed E-state index contributed by atoms with van der Waals surface area (Å²) < 4.78 is 5.52. The van der Waals surface area contributed by atoms with Crippen LogP contribution in [0.1, 0.15) is 38.1 Å². The molecule has 4 amide bonds. The summed E-state index contributed by atoms with van der Waals surface area (Å²) in [6.07, 6.45) is 0.204. The lowest BCUT2D eigenvalue weighted by molar-refractivity contribution is -0.125. The van der Waals surface area contributed by atoms with E-state index in [1.807, 2.05) is 24.3 Å². The van der Waals surface area contributed by atoms with Crippen molar-refractivity contribution in [1.29, 1.82) is 0 Å². The lowest BCUT2D eigenvalue weighted by Gasteiger charge is -2.27. The molecule has 1 fully saturated rings. The largest absolute Gasteiger partial charge is 0.416 e. The van der Waals surface area contributed by atoms with Crippen molar-refractivity contribution in [3.05, 3.63) is 35.7 Å². The van der Waals surface area contributed by atoms with E-state index in [0.717, 1.165) is 17.4 Å².